The Morgan fingerprint density at radius 2 is 2.26 bits per heavy atom. The normalized spacial score (nSPS) is 21.0. The molecule has 104 valence electrons. The van der Waals surface area contributed by atoms with Gasteiger partial charge < -0.3 is 15.8 Å². The fourth-order valence-corrected chi connectivity index (χ4v) is 2.49. The summed E-state index contributed by atoms with van der Waals surface area (Å²) in [5, 5.41) is 3.47. The zero-order chi connectivity index (χ0) is 14.0. The topological polar surface area (TPSA) is 64.3 Å². The number of carbonyl (C=O) groups excluding carboxylic acids is 1. The second kappa shape index (κ2) is 5.51. The number of nitrogen functional groups attached to an aromatic ring is 1. The van der Waals surface area contributed by atoms with Crippen molar-refractivity contribution < 1.29 is 9.53 Å². The van der Waals surface area contributed by atoms with Gasteiger partial charge in [-0.2, -0.15) is 0 Å². The minimum Gasteiger partial charge on any atom is -0.465 e. The van der Waals surface area contributed by atoms with Crippen LogP contribution in [0, 0.1) is 12.8 Å². The van der Waals surface area contributed by atoms with Crippen molar-refractivity contribution in [2.45, 2.75) is 39.2 Å². The van der Waals surface area contributed by atoms with Gasteiger partial charge in [0, 0.05) is 17.4 Å². The number of esters is 1. The van der Waals surface area contributed by atoms with Crippen LogP contribution in [0.4, 0.5) is 11.4 Å². The first-order valence-corrected chi connectivity index (χ1v) is 6.81. The fourth-order valence-electron chi connectivity index (χ4n) is 2.49. The maximum absolute atomic E-state index is 11.7. The van der Waals surface area contributed by atoms with Gasteiger partial charge in [0.05, 0.1) is 12.7 Å². The number of nitrogens with two attached hydrogens (primary N) is 1. The van der Waals surface area contributed by atoms with Crippen molar-refractivity contribution in [3.63, 3.8) is 0 Å². The average Bonchev–Trinajstić information content (AvgIpc) is 3.11. The smallest absolute Gasteiger partial charge is 0.340 e. The molecular weight excluding hydrogens is 240 g/mol. The number of hydrogen-bond donors (Lipinski definition) is 2. The first-order chi connectivity index (χ1) is 9.06. The molecule has 0 heterocycles. The van der Waals surface area contributed by atoms with Gasteiger partial charge in [-0.3, -0.25) is 0 Å². The first kappa shape index (κ1) is 13.7. The van der Waals surface area contributed by atoms with E-state index in [1.807, 2.05) is 13.0 Å². The van der Waals surface area contributed by atoms with E-state index in [2.05, 4.69) is 12.2 Å². The highest BCUT2D eigenvalue weighted by Gasteiger charge is 2.36. The summed E-state index contributed by atoms with van der Waals surface area (Å²) < 4.78 is 4.76. The van der Waals surface area contributed by atoms with Crippen LogP contribution < -0.4 is 11.1 Å². The third kappa shape index (κ3) is 3.00. The largest absolute Gasteiger partial charge is 0.465 e. The van der Waals surface area contributed by atoms with Crippen LogP contribution in [-0.4, -0.2) is 19.1 Å². The summed E-state index contributed by atoms with van der Waals surface area (Å²) in [5.74, 6) is 0.384. The van der Waals surface area contributed by atoms with Crippen molar-refractivity contribution in [2.75, 3.05) is 18.2 Å². The number of anilines is 2. The van der Waals surface area contributed by atoms with Crippen molar-refractivity contribution in [3.8, 4) is 0 Å². The molecule has 1 fully saturated rings. The lowest BCUT2D eigenvalue weighted by atomic mass is 10.1. The van der Waals surface area contributed by atoms with Crippen LogP contribution in [0.3, 0.4) is 0 Å². The van der Waals surface area contributed by atoms with Crippen LogP contribution >= 0.6 is 0 Å². The van der Waals surface area contributed by atoms with Gasteiger partial charge in [0.15, 0.2) is 0 Å². The van der Waals surface area contributed by atoms with Gasteiger partial charge in [-0.25, -0.2) is 4.79 Å². The molecular formula is C15H22N2O2. The summed E-state index contributed by atoms with van der Waals surface area (Å²) in [4.78, 5) is 11.7. The Morgan fingerprint density at radius 1 is 1.53 bits per heavy atom. The summed E-state index contributed by atoms with van der Waals surface area (Å²) in [7, 11) is 1.37. The predicted octanol–water partition coefficient (Wildman–Crippen LogP) is 2.96. The zero-order valence-electron chi connectivity index (χ0n) is 11.8. The van der Waals surface area contributed by atoms with E-state index in [9.17, 15) is 4.79 Å². The number of rotatable bonds is 5. The van der Waals surface area contributed by atoms with Gasteiger partial charge in [0.25, 0.3) is 0 Å². The third-order valence-electron chi connectivity index (χ3n) is 3.73. The van der Waals surface area contributed by atoms with E-state index in [4.69, 9.17) is 10.5 Å². The molecule has 3 N–H and O–H groups in total. The molecule has 2 atom stereocenters. The minimum atomic E-state index is -0.384. The Balaban J connectivity index is 2.14. The van der Waals surface area contributed by atoms with Gasteiger partial charge in [0.1, 0.15) is 0 Å². The molecule has 4 heteroatoms. The first-order valence-electron chi connectivity index (χ1n) is 6.81. The van der Waals surface area contributed by atoms with E-state index < -0.39 is 0 Å². The van der Waals surface area contributed by atoms with Crippen LogP contribution in [-0.2, 0) is 4.74 Å². The monoisotopic (exact) mass is 262 g/mol. The lowest BCUT2D eigenvalue weighted by molar-refractivity contribution is 0.0602. The van der Waals surface area contributed by atoms with Crippen molar-refractivity contribution in [1.82, 2.24) is 0 Å². The van der Waals surface area contributed by atoms with E-state index in [0.29, 0.717) is 17.3 Å². The maximum Gasteiger partial charge on any atom is 0.340 e. The van der Waals surface area contributed by atoms with Crippen LogP contribution in [0.5, 0.6) is 0 Å². The van der Waals surface area contributed by atoms with Crippen molar-refractivity contribution in [2.24, 2.45) is 5.92 Å². The number of nitrogens with one attached hydrogen (secondary N) is 1. The highest BCUT2D eigenvalue weighted by molar-refractivity contribution is 5.97. The zero-order valence-corrected chi connectivity index (χ0v) is 11.8. The van der Waals surface area contributed by atoms with Crippen LogP contribution in [0.2, 0.25) is 0 Å². The summed E-state index contributed by atoms with van der Waals surface area (Å²) in [6.45, 7) is 4.11. The molecule has 0 amide bonds. The quantitative estimate of drug-likeness (QED) is 0.632. The van der Waals surface area contributed by atoms with Gasteiger partial charge in [-0.1, -0.05) is 13.3 Å². The standard InChI is InChI=1S/C15H22N2O2/c1-4-5-10-7-13(10)17-11-6-9(2)14(16)12(8-11)15(18)19-3/h6,8,10,13,17H,4-5,7,16H2,1-3H3. The average molecular weight is 262 g/mol. The lowest BCUT2D eigenvalue weighted by Crippen LogP contribution is -2.10. The maximum atomic E-state index is 11.7. The van der Waals surface area contributed by atoms with Crippen LogP contribution in [0.15, 0.2) is 12.1 Å². The SMILES string of the molecule is CCCC1CC1Nc1cc(C)c(N)c(C(=O)OC)c1. The Hall–Kier alpha value is -1.71. The molecule has 1 saturated carbocycles. The number of ether oxygens (including phenoxy) is 1. The molecule has 1 aliphatic carbocycles. The number of hydrogen-bond acceptors (Lipinski definition) is 4. The molecule has 1 aromatic carbocycles. The Labute approximate surface area is 114 Å². The third-order valence-corrected chi connectivity index (χ3v) is 3.73. The minimum absolute atomic E-state index is 0.384. The molecule has 0 bridgehead atoms. The van der Waals surface area contributed by atoms with Gasteiger partial charge >= 0.3 is 5.97 Å². The molecule has 0 radical (unpaired) electrons. The Morgan fingerprint density at radius 3 is 2.89 bits per heavy atom. The summed E-state index contributed by atoms with van der Waals surface area (Å²) in [6.07, 6.45) is 3.69. The van der Waals surface area contributed by atoms with Gasteiger partial charge in [-0.15, -0.1) is 0 Å². The molecule has 0 aromatic heterocycles. The van der Waals surface area contributed by atoms with Crippen molar-refractivity contribution >= 4 is 17.3 Å². The van der Waals surface area contributed by atoms with Crippen molar-refractivity contribution in [3.05, 3.63) is 23.3 Å². The lowest BCUT2D eigenvalue weighted by Gasteiger charge is -2.12. The molecule has 2 unspecified atom stereocenters. The van der Waals surface area contributed by atoms with Crippen molar-refractivity contribution in [1.29, 1.82) is 0 Å². The Bertz CT molecular complexity index is 485. The van der Waals surface area contributed by atoms with E-state index in [0.717, 1.165) is 17.2 Å². The molecule has 1 aromatic rings. The molecule has 0 aliphatic heterocycles. The van der Waals surface area contributed by atoms with Gasteiger partial charge in [-0.05, 0) is 43.4 Å². The van der Waals surface area contributed by atoms with E-state index in [1.54, 1.807) is 6.07 Å². The molecule has 1 aliphatic rings. The van der Waals surface area contributed by atoms with Crippen LogP contribution in [0.25, 0.3) is 0 Å². The fraction of sp³-hybridized carbons (Fsp3) is 0.533. The summed E-state index contributed by atoms with van der Waals surface area (Å²) in [5.41, 5.74) is 8.72. The highest BCUT2D eigenvalue weighted by Crippen LogP contribution is 2.38. The predicted molar refractivity (Wildman–Crippen MR) is 77.4 cm³/mol. The number of methoxy groups -OCH3 is 1. The van der Waals surface area contributed by atoms with Gasteiger partial charge in [0.2, 0.25) is 0 Å². The molecule has 2 rings (SSSR count). The van der Waals surface area contributed by atoms with E-state index in [-0.39, 0.29) is 5.97 Å². The second-order valence-electron chi connectivity index (χ2n) is 5.28. The number of benzene rings is 1. The molecule has 4 nitrogen and oxygen atoms in total. The molecule has 0 spiro atoms. The van der Waals surface area contributed by atoms with E-state index >= 15 is 0 Å². The summed E-state index contributed by atoms with van der Waals surface area (Å²) in [6, 6.07) is 4.31. The van der Waals surface area contributed by atoms with Crippen LogP contribution in [0.1, 0.15) is 42.1 Å². The Kier molecular flexibility index (Phi) is 3.98. The highest BCUT2D eigenvalue weighted by atomic mass is 16.5. The molecule has 0 saturated heterocycles. The number of carbonyl (C=O) groups is 1. The summed E-state index contributed by atoms with van der Waals surface area (Å²) >= 11 is 0. The molecule has 19 heavy (non-hydrogen) atoms. The second-order valence-corrected chi connectivity index (χ2v) is 5.28. The van der Waals surface area contributed by atoms with E-state index in [1.165, 1.54) is 26.4 Å². The number of aryl methyl sites for hydroxylation is 1.